The van der Waals surface area contributed by atoms with E-state index in [-0.39, 0.29) is 0 Å². The average molecular weight is 350 g/mol. The van der Waals surface area contributed by atoms with Gasteiger partial charge in [0, 0.05) is 5.75 Å². The minimum Gasteiger partial charge on any atom is -0.230 e. The Morgan fingerprint density at radius 1 is 0.913 bits per heavy atom. The van der Waals surface area contributed by atoms with Crippen LogP contribution in [-0.2, 0) is 0 Å². The smallest absolute Gasteiger partial charge is 0.151 e. The highest BCUT2D eigenvalue weighted by Gasteiger charge is 2.04. The van der Waals surface area contributed by atoms with E-state index in [9.17, 15) is 0 Å². The van der Waals surface area contributed by atoms with Crippen LogP contribution in [0.15, 0.2) is 22.5 Å². The van der Waals surface area contributed by atoms with Crippen molar-refractivity contribution in [2.24, 2.45) is 0 Å². The fourth-order valence-corrected chi connectivity index (χ4v) is 5.06. The molecule has 0 spiro atoms. The SMILES string of the molecule is CCCCCCCCCCCCSc1nc2ccc(C)cc2s1. The molecule has 0 amide bonds. The van der Waals surface area contributed by atoms with Crippen molar-refractivity contribution in [3.05, 3.63) is 23.8 Å². The minimum atomic E-state index is 1.16. The van der Waals surface area contributed by atoms with Crippen molar-refractivity contribution in [2.75, 3.05) is 5.75 Å². The first-order chi connectivity index (χ1) is 11.3. The van der Waals surface area contributed by atoms with E-state index in [1.165, 1.54) is 84.6 Å². The Morgan fingerprint density at radius 2 is 1.57 bits per heavy atom. The van der Waals surface area contributed by atoms with Gasteiger partial charge in [-0.05, 0) is 31.0 Å². The van der Waals surface area contributed by atoms with Crippen LogP contribution in [0.3, 0.4) is 0 Å². The number of thioether (sulfide) groups is 1. The van der Waals surface area contributed by atoms with Crippen molar-refractivity contribution in [1.29, 1.82) is 0 Å². The molecule has 0 bridgehead atoms. The molecule has 0 fully saturated rings. The van der Waals surface area contributed by atoms with Crippen molar-refractivity contribution in [1.82, 2.24) is 4.98 Å². The van der Waals surface area contributed by atoms with Crippen molar-refractivity contribution in [3.63, 3.8) is 0 Å². The number of unbranched alkanes of at least 4 members (excludes halogenated alkanes) is 9. The minimum absolute atomic E-state index is 1.16. The summed E-state index contributed by atoms with van der Waals surface area (Å²) < 4.78 is 2.57. The molecule has 1 heterocycles. The second-order valence-electron chi connectivity index (χ2n) is 6.48. The molecule has 1 nitrogen and oxygen atoms in total. The molecule has 0 atom stereocenters. The molecule has 0 saturated heterocycles. The summed E-state index contributed by atoms with van der Waals surface area (Å²) in [6.45, 7) is 4.43. The Bertz CT molecular complexity index is 562. The third-order valence-electron chi connectivity index (χ3n) is 4.25. The van der Waals surface area contributed by atoms with Gasteiger partial charge in [0.05, 0.1) is 10.2 Å². The van der Waals surface area contributed by atoms with Gasteiger partial charge in [-0.3, -0.25) is 0 Å². The molecule has 0 N–H and O–H groups in total. The zero-order valence-corrected chi connectivity index (χ0v) is 16.4. The predicted molar refractivity (Wildman–Crippen MR) is 107 cm³/mol. The summed E-state index contributed by atoms with van der Waals surface area (Å²) in [6, 6.07) is 6.54. The molecule has 0 aliphatic carbocycles. The van der Waals surface area contributed by atoms with Crippen LogP contribution in [0.4, 0.5) is 0 Å². The van der Waals surface area contributed by atoms with Crippen molar-refractivity contribution < 1.29 is 0 Å². The van der Waals surface area contributed by atoms with E-state index in [1.807, 2.05) is 23.1 Å². The molecule has 0 aliphatic rings. The summed E-state index contributed by atoms with van der Waals surface area (Å²) in [6.07, 6.45) is 14.1. The van der Waals surface area contributed by atoms with E-state index < -0.39 is 0 Å². The molecule has 1 aromatic heterocycles. The van der Waals surface area contributed by atoms with Crippen molar-refractivity contribution >= 4 is 33.3 Å². The van der Waals surface area contributed by atoms with Gasteiger partial charge in [0.1, 0.15) is 0 Å². The molecule has 0 radical (unpaired) electrons. The molecule has 0 unspecified atom stereocenters. The molecule has 0 saturated carbocycles. The van der Waals surface area contributed by atoms with E-state index in [1.54, 1.807) is 0 Å². The lowest BCUT2D eigenvalue weighted by Crippen LogP contribution is -1.83. The summed E-state index contributed by atoms with van der Waals surface area (Å²) in [5, 5.41) is 0. The molecule has 128 valence electrons. The Hall–Kier alpha value is -0.540. The fraction of sp³-hybridized carbons (Fsp3) is 0.650. The second kappa shape index (κ2) is 11.1. The number of thiazole rings is 1. The van der Waals surface area contributed by atoms with Gasteiger partial charge in [-0.2, -0.15) is 0 Å². The third kappa shape index (κ3) is 7.26. The number of fused-ring (bicyclic) bond motifs is 1. The summed E-state index contributed by atoms with van der Waals surface area (Å²) >= 11 is 3.78. The quantitative estimate of drug-likeness (QED) is 0.289. The fourth-order valence-electron chi connectivity index (χ4n) is 2.82. The lowest BCUT2D eigenvalue weighted by Gasteiger charge is -2.01. The van der Waals surface area contributed by atoms with Crippen LogP contribution in [0, 0.1) is 6.92 Å². The maximum Gasteiger partial charge on any atom is 0.151 e. The molecule has 3 heteroatoms. The van der Waals surface area contributed by atoms with E-state index in [0.29, 0.717) is 0 Å². The molecule has 2 rings (SSSR count). The molecule has 1 aromatic carbocycles. The number of hydrogen-bond acceptors (Lipinski definition) is 3. The predicted octanol–water partition coefficient (Wildman–Crippen LogP) is 7.62. The van der Waals surface area contributed by atoms with Gasteiger partial charge in [0.2, 0.25) is 0 Å². The first kappa shape index (κ1) is 18.8. The van der Waals surface area contributed by atoms with Gasteiger partial charge in [-0.1, -0.05) is 82.5 Å². The van der Waals surface area contributed by atoms with Gasteiger partial charge in [-0.15, -0.1) is 11.3 Å². The largest absolute Gasteiger partial charge is 0.230 e. The highest BCUT2D eigenvalue weighted by atomic mass is 32.2. The van der Waals surface area contributed by atoms with Gasteiger partial charge in [0.15, 0.2) is 4.34 Å². The monoisotopic (exact) mass is 349 g/mol. The van der Waals surface area contributed by atoms with Crippen LogP contribution < -0.4 is 0 Å². The molecule has 23 heavy (non-hydrogen) atoms. The lowest BCUT2D eigenvalue weighted by atomic mass is 10.1. The van der Waals surface area contributed by atoms with Crippen LogP contribution in [0.2, 0.25) is 0 Å². The van der Waals surface area contributed by atoms with Gasteiger partial charge in [0.25, 0.3) is 0 Å². The molecule has 0 aliphatic heterocycles. The van der Waals surface area contributed by atoms with Crippen LogP contribution in [-0.4, -0.2) is 10.7 Å². The first-order valence-corrected chi connectivity index (χ1v) is 11.1. The van der Waals surface area contributed by atoms with Crippen LogP contribution in [0.1, 0.15) is 76.7 Å². The number of aryl methyl sites for hydroxylation is 1. The zero-order valence-electron chi connectivity index (χ0n) is 14.8. The van der Waals surface area contributed by atoms with Crippen molar-refractivity contribution in [2.45, 2.75) is 82.4 Å². The van der Waals surface area contributed by atoms with Gasteiger partial charge in [-0.25, -0.2) is 4.98 Å². The highest BCUT2D eigenvalue weighted by Crippen LogP contribution is 2.30. The van der Waals surface area contributed by atoms with Gasteiger partial charge < -0.3 is 0 Å². The third-order valence-corrected chi connectivity index (χ3v) is 6.50. The first-order valence-electron chi connectivity index (χ1n) is 9.29. The van der Waals surface area contributed by atoms with E-state index in [2.05, 4.69) is 32.0 Å². The summed E-state index contributed by atoms with van der Waals surface area (Å²) in [5.74, 6) is 1.22. The van der Waals surface area contributed by atoms with Crippen LogP contribution in [0.5, 0.6) is 0 Å². The number of rotatable bonds is 12. The number of hydrogen-bond donors (Lipinski definition) is 0. The normalized spacial score (nSPS) is 11.4. The number of aromatic nitrogens is 1. The topological polar surface area (TPSA) is 12.9 Å². The molecule has 2 aromatic rings. The van der Waals surface area contributed by atoms with Crippen molar-refractivity contribution in [3.8, 4) is 0 Å². The summed E-state index contributed by atoms with van der Waals surface area (Å²) in [5.41, 5.74) is 2.48. The lowest BCUT2D eigenvalue weighted by molar-refractivity contribution is 0.563. The Kier molecular flexibility index (Phi) is 9.06. The molecular formula is C20H31NS2. The number of benzene rings is 1. The van der Waals surface area contributed by atoms with Crippen LogP contribution >= 0.6 is 23.1 Å². The van der Waals surface area contributed by atoms with E-state index in [0.717, 1.165) is 5.52 Å². The Balaban J connectivity index is 1.50. The van der Waals surface area contributed by atoms with Gasteiger partial charge >= 0.3 is 0 Å². The summed E-state index contributed by atoms with van der Waals surface area (Å²) in [7, 11) is 0. The Labute approximate surface area is 150 Å². The standard InChI is InChI=1S/C20H31NS2/c1-3-4-5-6-7-8-9-10-11-12-15-22-20-21-18-14-13-17(2)16-19(18)23-20/h13-14,16H,3-12,15H2,1-2H3. The molecular weight excluding hydrogens is 318 g/mol. The number of nitrogens with zero attached hydrogens (tertiary/aromatic N) is 1. The maximum atomic E-state index is 4.72. The highest BCUT2D eigenvalue weighted by molar-refractivity contribution is 8.01. The van der Waals surface area contributed by atoms with E-state index >= 15 is 0 Å². The Morgan fingerprint density at radius 3 is 2.26 bits per heavy atom. The summed E-state index contributed by atoms with van der Waals surface area (Å²) in [4.78, 5) is 4.72. The van der Waals surface area contributed by atoms with E-state index in [4.69, 9.17) is 4.98 Å². The maximum absolute atomic E-state index is 4.72. The zero-order chi connectivity index (χ0) is 16.3. The second-order valence-corrected chi connectivity index (χ2v) is 8.85. The van der Waals surface area contributed by atoms with Crippen LogP contribution in [0.25, 0.3) is 10.2 Å². The average Bonchev–Trinajstić information content (AvgIpc) is 2.94.